The van der Waals surface area contributed by atoms with E-state index in [-0.39, 0.29) is 0 Å². The molecule has 0 unspecified atom stereocenters. The summed E-state index contributed by atoms with van der Waals surface area (Å²) < 4.78 is 10.8. The number of benzene rings is 1. The smallest absolute Gasteiger partial charge is 0.284 e. The van der Waals surface area contributed by atoms with E-state index in [0.717, 1.165) is 18.6 Å². The number of H-pyrrole nitrogens is 1. The van der Waals surface area contributed by atoms with Crippen LogP contribution in [0.1, 0.15) is 37.6 Å². The molecule has 1 aromatic carbocycles. The number of nitrogens with zero attached hydrogens (tertiary/aromatic N) is 1. The van der Waals surface area contributed by atoms with Gasteiger partial charge in [-0.1, -0.05) is 26.0 Å². The van der Waals surface area contributed by atoms with Crippen LogP contribution in [0.2, 0.25) is 0 Å². The molecule has 0 saturated heterocycles. The van der Waals surface area contributed by atoms with Gasteiger partial charge in [0.2, 0.25) is 5.89 Å². The molecule has 5 heteroatoms. The topological polar surface area (TPSA) is 51.0 Å². The predicted molar refractivity (Wildman–Crippen MR) is 76.0 cm³/mol. The normalized spacial score (nSPS) is 10.9. The highest BCUT2D eigenvalue weighted by atomic mass is 32.1. The molecule has 0 saturated carbocycles. The second-order valence-corrected chi connectivity index (χ2v) is 5.05. The maximum absolute atomic E-state index is 5.66. The number of rotatable bonds is 6. The third-order valence-corrected chi connectivity index (χ3v) is 3.01. The monoisotopic (exact) mass is 278 g/mol. The molecule has 0 radical (unpaired) electrons. The van der Waals surface area contributed by atoms with Crippen molar-refractivity contribution in [2.75, 3.05) is 6.61 Å². The lowest BCUT2D eigenvalue weighted by Crippen LogP contribution is -2.00. The van der Waals surface area contributed by atoms with Crippen molar-refractivity contribution in [3.8, 4) is 5.75 Å². The van der Waals surface area contributed by atoms with Crippen molar-refractivity contribution in [1.29, 1.82) is 0 Å². The molecule has 0 bridgehead atoms. The zero-order valence-corrected chi connectivity index (χ0v) is 12.0. The molecule has 19 heavy (non-hydrogen) atoms. The average Bonchev–Trinajstić information content (AvgIpc) is 2.81. The largest absolute Gasteiger partial charge is 0.494 e. The fourth-order valence-corrected chi connectivity index (χ4v) is 1.87. The molecule has 2 aromatic rings. The predicted octanol–water partition coefficient (Wildman–Crippen LogP) is 3.87. The highest BCUT2D eigenvalue weighted by molar-refractivity contribution is 7.71. The summed E-state index contributed by atoms with van der Waals surface area (Å²) in [7, 11) is 0. The molecule has 0 spiro atoms. The van der Waals surface area contributed by atoms with Crippen molar-refractivity contribution in [2.45, 2.75) is 32.6 Å². The first-order valence-corrected chi connectivity index (χ1v) is 6.83. The van der Waals surface area contributed by atoms with Crippen LogP contribution in [0.5, 0.6) is 5.75 Å². The van der Waals surface area contributed by atoms with Gasteiger partial charge in [-0.2, -0.15) is 0 Å². The van der Waals surface area contributed by atoms with Crippen molar-refractivity contribution in [3.05, 3.63) is 40.6 Å². The number of aromatic amines is 1. The lowest BCUT2D eigenvalue weighted by Gasteiger charge is -2.08. The number of ether oxygens (including phenoxy) is 1. The second kappa shape index (κ2) is 6.52. The summed E-state index contributed by atoms with van der Waals surface area (Å²) in [5.41, 5.74) is 1.32. The molecule has 0 amide bonds. The van der Waals surface area contributed by atoms with E-state index in [2.05, 4.69) is 36.2 Å². The summed E-state index contributed by atoms with van der Waals surface area (Å²) in [5, 5.41) is 6.54. The molecule has 0 aliphatic heterocycles. The van der Waals surface area contributed by atoms with Gasteiger partial charge in [-0.05, 0) is 42.3 Å². The van der Waals surface area contributed by atoms with Gasteiger partial charge in [0.25, 0.3) is 4.84 Å². The van der Waals surface area contributed by atoms with Crippen molar-refractivity contribution in [1.82, 2.24) is 10.2 Å². The average molecular weight is 278 g/mol. The fourth-order valence-electron chi connectivity index (χ4n) is 1.73. The number of aromatic nitrogens is 2. The molecular weight excluding hydrogens is 260 g/mol. The maximum Gasteiger partial charge on any atom is 0.284 e. The Hall–Kier alpha value is -1.62. The summed E-state index contributed by atoms with van der Waals surface area (Å²) >= 11 is 4.81. The molecule has 1 aromatic heterocycles. The summed E-state index contributed by atoms with van der Waals surface area (Å²) in [6.45, 7) is 4.99. The maximum atomic E-state index is 5.66. The van der Waals surface area contributed by atoms with Gasteiger partial charge < -0.3 is 9.15 Å². The number of nitrogens with one attached hydrogen (secondary N) is 1. The van der Waals surface area contributed by atoms with Gasteiger partial charge in [0.15, 0.2) is 0 Å². The van der Waals surface area contributed by atoms with Crippen molar-refractivity contribution >= 4 is 12.2 Å². The lowest BCUT2D eigenvalue weighted by molar-refractivity contribution is 0.304. The highest BCUT2D eigenvalue weighted by Crippen LogP contribution is 2.18. The van der Waals surface area contributed by atoms with Gasteiger partial charge in [0.05, 0.1) is 6.61 Å². The molecule has 0 fully saturated rings. The molecule has 0 atom stereocenters. The van der Waals surface area contributed by atoms with Crippen LogP contribution < -0.4 is 4.74 Å². The van der Waals surface area contributed by atoms with Crippen molar-refractivity contribution in [2.24, 2.45) is 0 Å². The SMILES string of the molecule is CC(C)c1ccc(OCCCc2n[nH]c(=S)o2)cc1. The van der Waals surface area contributed by atoms with E-state index in [1.54, 1.807) is 0 Å². The molecule has 0 aliphatic carbocycles. The Morgan fingerprint density at radius 3 is 2.63 bits per heavy atom. The van der Waals surface area contributed by atoms with Crippen LogP contribution in [0.25, 0.3) is 0 Å². The minimum atomic E-state index is 0.320. The fraction of sp³-hybridized carbons (Fsp3) is 0.429. The van der Waals surface area contributed by atoms with E-state index in [1.807, 2.05) is 12.1 Å². The molecule has 4 nitrogen and oxygen atoms in total. The third kappa shape index (κ3) is 4.21. The molecule has 0 aliphatic rings. The third-order valence-electron chi connectivity index (χ3n) is 2.83. The Morgan fingerprint density at radius 1 is 1.32 bits per heavy atom. The first-order valence-electron chi connectivity index (χ1n) is 6.42. The van der Waals surface area contributed by atoms with E-state index < -0.39 is 0 Å². The summed E-state index contributed by atoms with van der Waals surface area (Å²) in [6, 6.07) is 8.23. The molecule has 102 valence electrons. The van der Waals surface area contributed by atoms with E-state index in [4.69, 9.17) is 21.4 Å². The van der Waals surface area contributed by atoms with Crippen LogP contribution in [0.4, 0.5) is 0 Å². The van der Waals surface area contributed by atoms with Gasteiger partial charge in [-0.15, -0.1) is 5.10 Å². The van der Waals surface area contributed by atoms with Crippen LogP contribution in [0.15, 0.2) is 28.7 Å². The molecule has 1 N–H and O–H groups in total. The van der Waals surface area contributed by atoms with Gasteiger partial charge in [-0.25, -0.2) is 5.10 Å². The van der Waals surface area contributed by atoms with Crippen LogP contribution in [-0.4, -0.2) is 16.8 Å². The van der Waals surface area contributed by atoms with Gasteiger partial charge in [0, 0.05) is 6.42 Å². The van der Waals surface area contributed by atoms with E-state index in [1.165, 1.54) is 5.56 Å². The Labute approximate surface area is 117 Å². The second-order valence-electron chi connectivity index (χ2n) is 4.68. The summed E-state index contributed by atoms with van der Waals surface area (Å²) in [4.78, 5) is 0.320. The van der Waals surface area contributed by atoms with Crippen LogP contribution in [0.3, 0.4) is 0 Å². The van der Waals surface area contributed by atoms with E-state index >= 15 is 0 Å². The first-order chi connectivity index (χ1) is 9.15. The quantitative estimate of drug-likeness (QED) is 0.644. The Bertz CT molecular complexity index is 557. The Morgan fingerprint density at radius 2 is 2.05 bits per heavy atom. The summed E-state index contributed by atoms with van der Waals surface area (Å²) in [5.74, 6) is 2.07. The van der Waals surface area contributed by atoms with E-state index in [0.29, 0.717) is 23.3 Å². The van der Waals surface area contributed by atoms with Gasteiger partial charge in [-0.3, -0.25) is 0 Å². The number of hydrogen-bond acceptors (Lipinski definition) is 4. The Balaban J connectivity index is 1.75. The van der Waals surface area contributed by atoms with Crippen LogP contribution >= 0.6 is 12.2 Å². The standard InChI is InChI=1S/C14H18N2O2S/c1-10(2)11-5-7-12(8-6-11)17-9-3-4-13-15-16-14(19)18-13/h5-8,10H,3-4,9H2,1-2H3,(H,16,19). The summed E-state index contributed by atoms with van der Waals surface area (Å²) in [6.07, 6.45) is 1.56. The first kappa shape index (κ1) is 13.8. The van der Waals surface area contributed by atoms with Gasteiger partial charge >= 0.3 is 0 Å². The number of aryl methyl sites for hydroxylation is 1. The number of hydrogen-bond donors (Lipinski definition) is 1. The molecule has 1 heterocycles. The van der Waals surface area contributed by atoms with Gasteiger partial charge in [0.1, 0.15) is 5.75 Å². The molecular formula is C14H18N2O2S. The minimum absolute atomic E-state index is 0.320. The van der Waals surface area contributed by atoms with Crippen LogP contribution in [-0.2, 0) is 6.42 Å². The van der Waals surface area contributed by atoms with Crippen molar-refractivity contribution < 1.29 is 9.15 Å². The molecule has 2 rings (SSSR count). The van der Waals surface area contributed by atoms with E-state index in [9.17, 15) is 0 Å². The lowest BCUT2D eigenvalue weighted by atomic mass is 10.0. The minimum Gasteiger partial charge on any atom is -0.494 e. The zero-order valence-electron chi connectivity index (χ0n) is 11.2. The van der Waals surface area contributed by atoms with Crippen molar-refractivity contribution in [3.63, 3.8) is 0 Å². The Kier molecular flexibility index (Phi) is 4.74. The highest BCUT2D eigenvalue weighted by Gasteiger charge is 2.01. The van der Waals surface area contributed by atoms with Crippen LogP contribution in [0, 0.1) is 4.84 Å². The zero-order chi connectivity index (χ0) is 13.7.